The molecule has 1 atom stereocenters. The summed E-state index contributed by atoms with van der Waals surface area (Å²) in [5.74, 6) is -0.254. The molecule has 1 unspecified atom stereocenters. The Morgan fingerprint density at radius 2 is 2.13 bits per heavy atom. The zero-order chi connectivity index (χ0) is 11.3. The molecule has 0 aliphatic carbocycles. The summed E-state index contributed by atoms with van der Waals surface area (Å²) >= 11 is 0. The van der Waals surface area contributed by atoms with Gasteiger partial charge in [-0.15, -0.1) is 0 Å². The van der Waals surface area contributed by atoms with Crippen LogP contribution < -0.4 is 5.32 Å². The fourth-order valence-electron chi connectivity index (χ4n) is 1.42. The van der Waals surface area contributed by atoms with E-state index in [-0.39, 0.29) is 12.0 Å². The van der Waals surface area contributed by atoms with Crippen LogP contribution in [0.1, 0.15) is 35.8 Å². The predicted octanol–water partition coefficient (Wildman–Crippen LogP) is 2.14. The molecule has 82 valence electrons. The third-order valence-electron chi connectivity index (χ3n) is 2.36. The van der Waals surface area contributed by atoms with E-state index in [0.717, 1.165) is 5.56 Å². The van der Waals surface area contributed by atoms with Crippen molar-refractivity contribution in [3.8, 4) is 0 Å². The number of ether oxygens (including phenoxy) is 1. The molecule has 0 spiro atoms. The number of hydrogen-bond donors (Lipinski definition) is 1. The van der Waals surface area contributed by atoms with E-state index in [4.69, 9.17) is 4.74 Å². The lowest BCUT2D eigenvalue weighted by molar-refractivity contribution is 0.0524. The van der Waals surface area contributed by atoms with E-state index < -0.39 is 0 Å². The van der Waals surface area contributed by atoms with Crippen molar-refractivity contribution in [1.82, 2.24) is 5.32 Å². The Balaban J connectivity index is 3.00. The standard InChI is InChI=1S/C12H17NO2/c1-4-15-12(14)11-8-6-5-7-10(11)9(2)13-3/h5-9,13H,4H2,1-3H3. The molecular formula is C12H17NO2. The second-order valence-electron chi connectivity index (χ2n) is 3.32. The van der Waals surface area contributed by atoms with Crippen molar-refractivity contribution in [2.75, 3.05) is 13.7 Å². The zero-order valence-electron chi connectivity index (χ0n) is 9.41. The van der Waals surface area contributed by atoms with E-state index in [1.54, 1.807) is 6.07 Å². The molecule has 0 fully saturated rings. The first-order chi connectivity index (χ1) is 7.20. The molecule has 0 aliphatic heterocycles. The van der Waals surface area contributed by atoms with Gasteiger partial charge in [0, 0.05) is 6.04 Å². The highest BCUT2D eigenvalue weighted by Gasteiger charge is 2.14. The van der Waals surface area contributed by atoms with E-state index in [2.05, 4.69) is 5.32 Å². The molecule has 3 nitrogen and oxygen atoms in total. The number of benzene rings is 1. The fraction of sp³-hybridized carbons (Fsp3) is 0.417. The second-order valence-corrected chi connectivity index (χ2v) is 3.32. The average molecular weight is 207 g/mol. The Morgan fingerprint density at radius 3 is 2.73 bits per heavy atom. The minimum absolute atomic E-state index is 0.144. The molecule has 3 heteroatoms. The second kappa shape index (κ2) is 5.51. The van der Waals surface area contributed by atoms with Crippen molar-refractivity contribution in [3.63, 3.8) is 0 Å². The fourth-order valence-corrected chi connectivity index (χ4v) is 1.42. The van der Waals surface area contributed by atoms with Crippen molar-refractivity contribution in [1.29, 1.82) is 0 Å². The Labute approximate surface area is 90.4 Å². The molecule has 0 amide bonds. The summed E-state index contributed by atoms with van der Waals surface area (Å²) in [5, 5.41) is 3.11. The van der Waals surface area contributed by atoms with E-state index >= 15 is 0 Å². The van der Waals surface area contributed by atoms with Crippen LogP contribution in [0.25, 0.3) is 0 Å². The zero-order valence-corrected chi connectivity index (χ0v) is 9.41. The number of carbonyl (C=O) groups excluding carboxylic acids is 1. The van der Waals surface area contributed by atoms with Gasteiger partial charge in [-0.2, -0.15) is 0 Å². The van der Waals surface area contributed by atoms with E-state index in [0.29, 0.717) is 12.2 Å². The van der Waals surface area contributed by atoms with Crippen LogP contribution in [0.2, 0.25) is 0 Å². The molecule has 1 N–H and O–H groups in total. The number of esters is 1. The van der Waals surface area contributed by atoms with Gasteiger partial charge in [0.15, 0.2) is 0 Å². The molecule has 15 heavy (non-hydrogen) atoms. The first-order valence-electron chi connectivity index (χ1n) is 5.14. The third kappa shape index (κ3) is 2.80. The lowest BCUT2D eigenvalue weighted by Gasteiger charge is -2.14. The smallest absolute Gasteiger partial charge is 0.338 e. The summed E-state index contributed by atoms with van der Waals surface area (Å²) in [5.41, 5.74) is 1.61. The lowest BCUT2D eigenvalue weighted by atomic mass is 10.0. The van der Waals surface area contributed by atoms with Crippen LogP contribution in [0.3, 0.4) is 0 Å². The van der Waals surface area contributed by atoms with Crippen molar-refractivity contribution in [2.45, 2.75) is 19.9 Å². The van der Waals surface area contributed by atoms with Crippen LogP contribution in [0.4, 0.5) is 0 Å². The summed E-state index contributed by atoms with van der Waals surface area (Å²) in [6.45, 7) is 4.22. The van der Waals surface area contributed by atoms with Crippen LogP contribution in [-0.4, -0.2) is 19.6 Å². The average Bonchev–Trinajstić information content (AvgIpc) is 2.28. The number of nitrogens with one attached hydrogen (secondary N) is 1. The third-order valence-corrected chi connectivity index (χ3v) is 2.36. The van der Waals surface area contributed by atoms with E-state index in [1.807, 2.05) is 39.1 Å². The summed E-state index contributed by atoms with van der Waals surface area (Å²) < 4.78 is 5.00. The molecule has 1 aromatic rings. The molecule has 0 radical (unpaired) electrons. The normalized spacial score (nSPS) is 12.2. The van der Waals surface area contributed by atoms with Gasteiger partial charge in [0.1, 0.15) is 0 Å². The maximum Gasteiger partial charge on any atom is 0.338 e. The molecular weight excluding hydrogens is 190 g/mol. The topological polar surface area (TPSA) is 38.3 Å². The van der Waals surface area contributed by atoms with Gasteiger partial charge in [-0.1, -0.05) is 18.2 Å². The van der Waals surface area contributed by atoms with Crippen LogP contribution in [0, 0.1) is 0 Å². The Morgan fingerprint density at radius 1 is 1.47 bits per heavy atom. The Kier molecular flexibility index (Phi) is 4.31. The molecule has 1 aromatic carbocycles. The van der Waals surface area contributed by atoms with Gasteiger partial charge in [0.2, 0.25) is 0 Å². The van der Waals surface area contributed by atoms with Gasteiger partial charge in [0.25, 0.3) is 0 Å². The molecule has 0 aromatic heterocycles. The SMILES string of the molecule is CCOC(=O)c1ccccc1C(C)NC. The van der Waals surface area contributed by atoms with Gasteiger partial charge < -0.3 is 10.1 Å². The lowest BCUT2D eigenvalue weighted by Crippen LogP contribution is -2.17. The van der Waals surface area contributed by atoms with Gasteiger partial charge >= 0.3 is 5.97 Å². The first-order valence-corrected chi connectivity index (χ1v) is 5.14. The highest BCUT2D eigenvalue weighted by molar-refractivity contribution is 5.91. The summed E-state index contributed by atoms with van der Waals surface area (Å²) in [7, 11) is 1.87. The quantitative estimate of drug-likeness (QED) is 0.769. The molecule has 0 saturated carbocycles. The minimum Gasteiger partial charge on any atom is -0.462 e. The Bertz CT molecular complexity index is 336. The summed E-state index contributed by atoms with van der Waals surface area (Å²) in [4.78, 5) is 11.6. The highest BCUT2D eigenvalue weighted by Crippen LogP contribution is 2.17. The van der Waals surface area contributed by atoms with Crippen LogP contribution in [0.5, 0.6) is 0 Å². The highest BCUT2D eigenvalue weighted by atomic mass is 16.5. The maximum absolute atomic E-state index is 11.6. The number of rotatable bonds is 4. The molecule has 1 rings (SSSR count). The van der Waals surface area contributed by atoms with Gasteiger partial charge in [-0.05, 0) is 32.5 Å². The largest absolute Gasteiger partial charge is 0.462 e. The minimum atomic E-state index is -0.254. The molecule has 0 aliphatic rings. The van der Waals surface area contributed by atoms with Crippen molar-refractivity contribution < 1.29 is 9.53 Å². The van der Waals surface area contributed by atoms with Gasteiger partial charge in [-0.3, -0.25) is 0 Å². The van der Waals surface area contributed by atoms with Crippen molar-refractivity contribution >= 4 is 5.97 Å². The monoisotopic (exact) mass is 207 g/mol. The predicted molar refractivity (Wildman–Crippen MR) is 59.9 cm³/mol. The van der Waals surface area contributed by atoms with Crippen LogP contribution in [0.15, 0.2) is 24.3 Å². The van der Waals surface area contributed by atoms with Gasteiger partial charge in [-0.25, -0.2) is 4.79 Å². The Hall–Kier alpha value is -1.35. The molecule has 0 bridgehead atoms. The van der Waals surface area contributed by atoms with E-state index in [1.165, 1.54) is 0 Å². The van der Waals surface area contributed by atoms with Crippen molar-refractivity contribution in [2.24, 2.45) is 0 Å². The molecule has 0 saturated heterocycles. The van der Waals surface area contributed by atoms with E-state index in [9.17, 15) is 4.79 Å². The first kappa shape index (κ1) is 11.7. The van der Waals surface area contributed by atoms with Crippen LogP contribution in [-0.2, 0) is 4.74 Å². The molecule has 0 heterocycles. The summed E-state index contributed by atoms with van der Waals surface area (Å²) in [6, 6.07) is 7.64. The van der Waals surface area contributed by atoms with Crippen LogP contribution >= 0.6 is 0 Å². The maximum atomic E-state index is 11.6. The van der Waals surface area contributed by atoms with Crippen molar-refractivity contribution in [3.05, 3.63) is 35.4 Å². The van der Waals surface area contributed by atoms with Gasteiger partial charge in [0.05, 0.1) is 12.2 Å². The number of hydrogen-bond acceptors (Lipinski definition) is 3. The number of carbonyl (C=O) groups is 1. The summed E-state index contributed by atoms with van der Waals surface area (Å²) in [6.07, 6.45) is 0.